The Hall–Kier alpha value is -3.53. The summed E-state index contributed by atoms with van der Waals surface area (Å²) in [5.41, 5.74) is 7.54. The molecule has 4 N–H and O–H groups in total. The first kappa shape index (κ1) is 22.7. The fourth-order valence-electron chi connectivity index (χ4n) is 4.35. The number of aromatic nitrogens is 3. The van der Waals surface area contributed by atoms with E-state index in [4.69, 9.17) is 5.73 Å². The molecule has 2 fully saturated rings. The van der Waals surface area contributed by atoms with Crippen LogP contribution in [0.4, 0.5) is 17.5 Å². The van der Waals surface area contributed by atoms with E-state index in [2.05, 4.69) is 56.5 Å². The van der Waals surface area contributed by atoms with Crippen molar-refractivity contribution in [1.82, 2.24) is 25.0 Å². The van der Waals surface area contributed by atoms with Crippen LogP contribution in [0.25, 0.3) is 0 Å². The summed E-state index contributed by atoms with van der Waals surface area (Å²) in [6, 6.07) is 8.16. The summed E-state index contributed by atoms with van der Waals surface area (Å²) in [6.07, 6.45) is 4.36. The predicted octanol–water partition coefficient (Wildman–Crippen LogP) is 1.72. The van der Waals surface area contributed by atoms with Crippen LogP contribution in [0.15, 0.2) is 36.9 Å². The van der Waals surface area contributed by atoms with Gasteiger partial charge in [-0.3, -0.25) is 9.59 Å². The summed E-state index contributed by atoms with van der Waals surface area (Å²) in [7, 11) is 2.15. The Labute approximate surface area is 193 Å². The number of carbonyl (C=O) groups excluding carboxylic acids is 2. The average Bonchev–Trinajstić information content (AvgIpc) is 3.28. The molecule has 33 heavy (non-hydrogen) atoms. The Morgan fingerprint density at radius 1 is 1.12 bits per heavy atom. The maximum absolute atomic E-state index is 11.9. The van der Waals surface area contributed by atoms with Crippen molar-refractivity contribution in [1.29, 1.82) is 0 Å². The van der Waals surface area contributed by atoms with Crippen LogP contribution in [0.2, 0.25) is 0 Å². The highest BCUT2D eigenvalue weighted by Gasteiger charge is 2.26. The molecule has 10 nitrogen and oxygen atoms in total. The maximum Gasteiger partial charge on any atom is 0.273 e. The highest BCUT2D eigenvalue weighted by atomic mass is 16.2. The first-order valence-electron chi connectivity index (χ1n) is 11.2. The molecule has 4 rings (SSSR count). The van der Waals surface area contributed by atoms with Gasteiger partial charge in [0.1, 0.15) is 0 Å². The van der Waals surface area contributed by atoms with Crippen LogP contribution in [0.3, 0.4) is 0 Å². The van der Waals surface area contributed by atoms with Gasteiger partial charge in [-0.1, -0.05) is 18.7 Å². The number of hydrogen-bond donors (Lipinski definition) is 3. The van der Waals surface area contributed by atoms with E-state index in [-0.39, 0.29) is 29.4 Å². The van der Waals surface area contributed by atoms with Gasteiger partial charge in [-0.2, -0.15) is 4.98 Å². The lowest BCUT2D eigenvalue weighted by molar-refractivity contribution is -0.125. The maximum atomic E-state index is 11.9. The van der Waals surface area contributed by atoms with Gasteiger partial charge >= 0.3 is 0 Å². The first-order valence-corrected chi connectivity index (χ1v) is 11.2. The van der Waals surface area contributed by atoms with Crippen LogP contribution >= 0.6 is 0 Å². The summed E-state index contributed by atoms with van der Waals surface area (Å²) in [5, 5.41) is 14.3. The molecule has 0 spiro atoms. The molecule has 0 saturated carbocycles. The highest BCUT2D eigenvalue weighted by molar-refractivity contribution is 5.96. The Bertz CT molecular complexity index is 1020. The number of hydrogen-bond acceptors (Lipinski definition) is 8. The molecule has 1 aromatic carbocycles. The van der Waals surface area contributed by atoms with E-state index in [0.29, 0.717) is 19.0 Å². The van der Waals surface area contributed by atoms with Gasteiger partial charge in [0, 0.05) is 24.8 Å². The van der Waals surface area contributed by atoms with E-state index in [0.717, 1.165) is 38.0 Å². The molecule has 1 aromatic heterocycles. The Kier molecular flexibility index (Phi) is 6.83. The van der Waals surface area contributed by atoms with Gasteiger partial charge in [-0.05, 0) is 69.1 Å². The standard InChI is InChI=1S/C23H30N8O2/c1-3-19(32)31-13-10-18(14-31)26-23-27-22(20(21(24)33)28-29-23)25-17-6-4-15(5-7-17)16-8-11-30(2)12-9-16/h3-7,16,18H,1,8-14H2,2H3,(H2,24,33)(H2,25,26,27,29)/t18-/m1/s1. The molecule has 0 bridgehead atoms. The number of piperidine rings is 1. The van der Waals surface area contributed by atoms with Crippen molar-refractivity contribution in [2.24, 2.45) is 5.73 Å². The van der Waals surface area contributed by atoms with Crippen molar-refractivity contribution < 1.29 is 9.59 Å². The summed E-state index contributed by atoms with van der Waals surface area (Å²) >= 11 is 0. The molecule has 0 aliphatic carbocycles. The number of amides is 2. The van der Waals surface area contributed by atoms with E-state index >= 15 is 0 Å². The lowest BCUT2D eigenvalue weighted by Crippen LogP contribution is -2.30. The SMILES string of the molecule is C=CC(=O)N1CC[C@@H](Nc2nnc(C(N)=O)c(Nc3ccc(C4CCN(C)CC4)cc3)n2)C1. The first-order chi connectivity index (χ1) is 15.9. The molecule has 2 amide bonds. The van der Waals surface area contributed by atoms with Crippen molar-refractivity contribution in [3.05, 3.63) is 48.2 Å². The normalized spacial score (nSPS) is 19.3. The number of likely N-dealkylation sites (tertiary alicyclic amines) is 2. The molecule has 2 aliphatic rings. The van der Waals surface area contributed by atoms with Gasteiger partial charge in [0.25, 0.3) is 5.91 Å². The second-order valence-corrected chi connectivity index (χ2v) is 8.64. The smallest absolute Gasteiger partial charge is 0.273 e. The van der Waals surface area contributed by atoms with Crippen molar-refractivity contribution >= 4 is 29.3 Å². The number of primary amides is 1. The molecule has 1 atom stereocenters. The molecule has 10 heteroatoms. The zero-order valence-corrected chi connectivity index (χ0v) is 18.8. The number of rotatable bonds is 7. The van der Waals surface area contributed by atoms with Crippen LogP contribution < -0.4 is 16.4 Å². The number of benzene rings is 1. The minimum Gasteiger partial charge on any atom is -0.364 e. The van der Waals surface area contributed by atoms with Gasteiger partial charge in [-0.25, -0.2) is 0 Å². The largest absolute Gasteiger partial charge is 0.364 e. The minimum absolute atomic E-state index is 0.0169. The Morgan fingerprint density at radius 3 is 2.52 bits per heavy atom. The summed E-state index contributed by atoms with van der Waals surface area (Å²) in [4.78, 5) is 32.2. The molecular formula is C23H30N8O2. The van der Waals surface area contributed by atoms with E-state index < -0.39 is 5.91 Å². The van der Waals surface area contributed by atoms with Gasteiger partial charge < -0.3 is 26.2 Å². The third-order valence-electron chi connectivity index (χ3n) is 6.29. The van der Waals surface area contributed by atoms with Crippen LogP contribution in [0.1, 0.15) is 41.2 Å². The summed E-state index contributed by atoms with van der Waals surface area (Å²) in [6.45, 7) is 6.89. The number of nitrogens with two attached hydrogens (primary N) is 1. The molecular weight excluding hydrogens is 420 g/mol. The Morgan fingerprint density at radius 2 is 1.85 bits per heavy atom. The van der Waals surface area contributed by atoms with Gasteiger partial charge in [0.2, 0.25) is 11.9 Å². The number of anilines is 3. The Balaban J connectivity index is 1.45. The third kappa shape index (κ3) is 5.46. The fraction of sp³-hybridized carbons (Fsp3) is 0.435. The molecule has 2 aliphatic heterocycles. The second-order valence-electron chi connectivity index (χ2n) is 8.64. The minimum atomic E-state index is -0.712. The predicted molar refractivity (Wildman–Crippen MR) is 126 cm³/mol. The van der Waals surface area contributed by atoms with E-state index in [1.807, 2.05) is 12.1 Å². The molecule has 3 heterocycles. The zero-order valence-electron chi connectivity index (χ0n) is 18.8. The van der Waals surface area contributed by atoms with Crippen LogP contribution in [-0.2, 0) is 4.79 Å². The summed E-state index contributed by atoms with van der Waals surface area (Å²) in [5.74, 6) is 0.253. The number of nitrogens with one attached hydrogen (secondary N) is 2. The average molecular weight is 451 g/mol. The van der Waals surface area contributed by atoms with Crippen molar-refractivity contribution in [3.63, 3.8) is 0 Å². The van der Waals surface area contributed by atoms with Crippen molar-refractivity contribution in [2.75, 3.05) is 43.9 Å². The van der Waals surface area contributed by atoms with Crippen molar-refractivity contribution in [2.45, 2.75) is 31.2 Å². The van der Waals surface area contributed by atoms with Gasteiger partial charge in [-0.15, -0.1) is 10.2 Å². The topological polar surface area (TPSA) is 129 Å². The van der Waals surface area contributed by atoms with Crippen LogP contribution in [0, 0.1) is 0 Å². The lowest BCUT2D eigenvalue weighted by atomic mass is 9.89. The monoisotopic (exact) mass is 450 g/mol. The van der Waals surface area contributed by atoms with Crippen LogP contribution in [-0.4, -0.2) is 76.1 Å². The number of nitrogens with zero attached hydrogens (tertiary/aromatic N) is 5. The van der Waals surface area contributed by atoms with Gasteiger partial charge in [0.15, 0.2) is 11.5 Å². The highest BCUT2D eigenvalue weighted by Crippen LogP contribution is 2.29. The molecule has 2 aromatic rings. The van der Waals surface area contributed by atoms with Gasteiger partial charge in [0.05, 0.1) is 0 Å². The van der Waals surface area contributed by atoms with E-state index in [1.54, 1.807) is 4.90 Å². The van der Waals surface area contributed by atoms with E-state index in [9.17, 15) is 9.59 Å². The van der Waals surface area contributed by atoms with Crippen molar-refractivity contribution in [3.8, 4) is 0 Å². The van der Waals surface area contributed by atoms with E-state index in [1.165, 1.54) is 11.6 Å². The molecule has 174 valence electrons. The quantitative estimate of drug-likeness (QED) is 0.544. The fourth-order valence-corrected chi connectivity index (χ4v) is 4.35. The summed E-state index contributed by atoms with van der Waals surface area (Å²) < 4.78 is 0. The molecule has 0 radical (unpaired) electrons. The third-order valence-corrected chi connectivity index (χ3v) is 6.29. The lowest BCUT2D eigenvalue weighted by Gasteiger charge is -2.29. The number of carbonyl (C=O) groups is 2. The zero-order chi connectivity index (χ0) is 23.4. The molecule has 0 unspecified atom stereocenters. The van der Waals surface area contributed by atoms with Crippen LogP contribution in [0.5, 0.6) is 0 Å². The molecule has 2 saturated heterocycles. The second kappa shape index (κ2) is 9.95.